The molecule has 0 aliphatic carbocycles. The van der Waals surface area contributed by atoms with Crippen LogP contribution in [0.3, 0.4) is 0 Å². The summed E-state index contributed by atoms with van der Waals surface area (Å²) in [5, 5.41) is 0. The van der Waals surface area contributed by atoms with Gasteiger partial charge in [-0.2, -0.15) is 0 Å². The molecular formula is C68H114O6. The first-order valence-electron chi connectivity index (χ1n) is 30.9. The first-order valence-corrected chi connectivity index (χ1v) is 30.9. The molecule has 0 aromatic rings. The molecule has 0 heterocycles. The Hall–Kier alpha value is -3.93. The average molecular weight is 1030 g/mol. The third-order valence-electron chi connectivity index (χ3n) is 13.1. The highest BCUT2D eigenvalue weighted by atomic mass is 16.6. The molecule has 0 aliphatic rings. The van der Waals surface area contributed by atoms with Gasteiger partial charge in [-0.25, -0.2) is 0 Å². The molecule has 1 atom stereocenters. The molecule has 0 radical (unpaired) electrons. The summed E-state index contributed by atoms with van der Waals surface area (Å²) < 4.78 is 16.8. The first-order chi connectivity index (χ1) is 36.5. The maximum absolute atomic E-state index is 12.9. The third kappa shape index (κ3) is 59.0. The van der Waals surface area contributed by atoms with E-state index in [2.05, 4.69) is 118 Å². The number of rotatable bonds is 55. The number of ether oxygens (including phenoxy) is 3. The fourth-order valence-electron chi connectivity index (χ4n) is 8.51. The molecule has 0 rings (SSSR count). The van der Waals surface area contributed by atoms with Gasteiger partial charge in [-0.3, -0.25) is 14.4 Å². The van der Waals surface area contributed by atoms with Gasteiger partial charge in [-0.1, -0.05) is 291 Å². The zero-order chi connectivity index (χ0) is 53.6. The maximum atomic E-state index is 12.9. The molecule has 6 nitrogen and oxygen atoms in total. The van der Waals surface area contributed by atoms with Crippen LogP contribution in [0.25, 0.3) is 0 Å². The van der Waals surface area contributed by atoms with Crippen molar-refractivity contribution in [1.82, 2.24) is 0 Å². The summed E-state index contributed by atoms with van der Waals surface area (Å²) in [6, 6.07) is 0. The van der Waals surface area contributed by atoms with Crippen LogP contribution in [-0.4, -0.2) is 37.2 Å². The predicted molar refractivity (Wildman–Crippen MR) is 320 cm³/mol. The number of allylic oxidation sites excluding steroid dienone is 17. The number of carbonyl (C=O) groups excluding carboxylic acids is 3. The summed E-state index contributed by atoms with van der Waals surface area (Å²) in [5.41, 5.74) is 0. The normalized spacial score (nSPS) is 12.9. The van der Waals surface area contributed by atoms with E-state index in [1.54, 1.807) is 6.08 Å². The molecule has 6 heteroatoms. The van der Waals surface area contributed by atoms with Crippen molar-refractivity contribution < 1.29 is 28.6 Å². The van der Waals surface area contributed by atoms with E-state index in [0.717, 1.165) is 109 Å². The van der Waals surface area contributed by atoms with Crippen LogP contribution >= 0.6 is 0 Å². The van der Waals surface area contributed by atoms with Crippen LogP contribution in [-0.2, 0) is 28.6 Å². The van der Waals surface area contributed by atoms with E-state index in [1.165, 1.54) is 135 Å². The smallest absolute Gasteiger partial charge is 0.309 e. The fraction of sp³-hybridized carbons (Fsp3) is 0.691. The second-order valence-corrected chi connectivity index (χ2v) is 20.2. The highest BCUT2D eigenvalue weighted by Crippen LogP contribution is 2.17. The minimum Gasteiger partial charge on any atom is -0.462 e. The maximum Gasteiger partial charge on any atom is 0.309 e. The van der Waals surface area contributed by atoms with E-state index in [0.29, 0.717) is 6.42 Å². The molecule has 74 heavy (non-hydrogen) atoms. The van der Waals surface area contributed by atoms with Gasteiger partial charge in [0.2, 0.25) is 0 Å². The molecule has 0 amide bonds. The summed E-state index contributed by atoms with van der Waals surface area (Å²) in [7, 11) is 0. The topological polar surface area (TPSA) is 78.9 Å². The van der Waals surface area contributed by atoms with Crippen molar-refractivity contribution in [3.63, 3.8) is 0 Å². The molecule has 1 unspecified atom stereocenters. The Bertz CT molecular complexity index is 1510. The fourth-order valence-corrected chi connectivity index (χ4v) is 8.51. The largest absolute Gasteiger partial charge is 0.462 e. The molecule has 0 aromatic heterocycles. The molecular weight excluding hydrogens is 913 g/mol. The van der Waals surface area contributed by atoms with E-state index in [1.807, 2.05) is 6.08 Å². The van der Waals surface area contributed by atoms with Gasteiger partial charge in [0.1, 0.15) is 13.2 Å². The van der Waals surface area contributed by atoms with Gasteiger partial charge >= 0.3 is 17.9 Å². The van der Waals surface area contributed by atoms with Gasteiger partial charge in [-0.15, -0.1) is 0 Å². The lowest BCUT2D eigenvalue weighted by molar-refractivity contribution is -0.166. The number of unbranched alkanes of at least 4 members (excludes halogenated alkanes) is 27. The van der Waals surface area contributed by atoms with Gasteiger partial charge in [0.25, 0.3) is 0 Å². The quantitative estimate of drug-likeness (QED) is 0.0261. The summed E-state index contributed by atoms with van der Waals surface area (Å²) in [4.78, 5) is 38.2. The van der Waals surface area contributed by atoms with Crippen molar-refractivity contribution in [3.8, 4) is 0 Å². The van der Waals surface area contributed by atoms with Crippen LogP contribution in [0.2, 0.25) is 0 Å². The molecule has 0 aliphatic heterocycles. The van der Waals surface area contributed by atoms with E-state index >= 15 is 0 Å². The number of hydrogen-bond acceptors (Lipinski definition) is 6. The van der Waals surface area contributed by atoms with E-state index in [4.69, 9.17) is 14.2 Å². The van der Waals surface area contributed by atoms with Crippen molar-refractivity contribution in [1.29, 1.82) is 0 Å². The Kier molecular flexibility index (Phi) is 58.3. The molecule has 0 N–H and O–H groups in total. The molecule has 0 aromatic carbocycles. The van der Waals surface area contributed by atoms with E-state index < -0.39 is 12.1 Å². The molecule has 0 spiro atoms. The van der Waals surface area contributed by atoms with Crippen molar-refractivity contribution in [2.45, 2.75) is 290 Å². The van der Waals surface area contributed by atoms with Crippen LogP contribution in [0, 0.1) is 0 Å². The minimum atomic E-state index is -0.832. The number of hydrogen-bond donors (Lipinski definition) is 0. The summed E-state index contributed by atoms with van der Waals surface area (Å²) >= 11 is 0. The Morgan fingerprint density at radius 2 is 0.581 bits per heavy atom. The van der Waals surface area contributed by atoms with Crippen LogP contribution < -0.4 is 0 Å². The summed E-state index contributed by atoms with van der Waals surface area (Å²) in [5.74, 6) is -1.07. The lowest BCUT2D eigenvalue weighted by atomic mass is 10.0. The van der Waals surface area contributed by atoms with Crippen molar-refractivity contribution in [2.24, 2.45) is 0 Å². The zero-order valence-electron chi connectivity index (χ0n) is 48.3. The van der Waals surface area contributed by atoms with E-state index in [-0.39, 0.29) is 38.0 Å². The lowest BCUT2D eigenvalue weighted by Crippen LogP contribution is -2.30. The highest BCUT2D eigenvalue weighted by molar-refractivity contribution is 5.72. The Balaban J connectivity index is 4.41. The SMILES string of the molecule is CC/C=C\C/C=C\C/C=C\C/C=C\C/C=C\CC(=O)OCC(COC(=O)CCCCCCCCCCCCCCCCCCCCCCCCCC)OC(=O)CCCCCC/C=C\C/C=C\C/C=C\C/C=C\CC. The van der Waals surface area contributed by atoms with Gasteiger partial charge < -0.3 is 14.2 Å². The second kappa shape index (κ2) is 61.6. The van der Waals surface area contributed by atoms with Gasteiger partial charge in [0, 0.05) is 12.8 Å². The first kappa shape index (κ1) is 70.1. The Labute approximate surface area is 457 Å². The van der Waals surface area contributed by atoms with Crippen molar-refractivity contribution in [3.05, 3.63) is 109 Å². The van der Waals surface area contributed by atoms with Crippen LogP contribution in [0.4, 0.5) is 0 Å². The lowest BCUT2D eigenvalue weighted by Gasteiger charge is -2.18. The Morgan fingerprint density at radius 3 is 0.946 bits per heavy atom. The van der Waals surface area contributed by atoms with Crippen molar-refractivity contribution in [2.75, 3.05) is 13.2 Å². The Morgan fingerprint density at radius 1 is 0.297 bits per heavy atom. The third-order valence-corrected chi connectivity index (χ3v) is 13.1. The predicted octanol–water partition coefficient (Wildman–Crippen LogP) is 21.0. The standard InChI is InChI=1S/C68H114O6/c1-4-7-10-13-16-19-22-25-28-30-31-32-33-34-35-36-38-40-43-46-49-52-55-58-61-67(70)73-64-65(63-72-66(69)60-57-54-51-48-45-42-39-27-24-21-18-15-12-9-6-3)74-68(71)62-59-56-53-50-47-44-41-37-29-26-23-20-17-14-11-8-5-2/h8-9,11-12,17-18,20-21,26-27,29,39,41,44-45,48,54,57,65H,4-7,10,13-16,19,22-25,28,30-38,40,42-43,46-47,49-53,55-56,58-64H2,1-3H3/b11-8-,12-9-,20-17-,21-18-,29-26-,39-27-,44-41-,48-45-,57-54-. The molecule has 0 saturated heterocycles. The van der Waals surface area contributed by atoms with Crippen molar-refractivity contribution >= 4 is 17.9 Å². The molecule has 0 bridgehead atoms. The number of esters is 3. The summed E-state index contributed by atoms with van der Waals surface area (Å²) in [6.45, 7) is 6.33. The summed E-state index contributed by atoms with van der Waals surface area (Å²) in [6.07, 6.45) is 84.1. The monoisotopic (exact) mass is 1030 g/mol. The van der Waals surface area contributed by atoms with Gasteiger partial charge in [-0.05, 0) is 83.5 Å². The van der Waals surface area contributed by atoms with Crippen LogP contribution in [0.5, 0.6) is 0 Å². The average Bonchev–Trinajstić information content (AvgIpc) is 3.40. The molecule has 422 valence electrons. The van der Waals surface area contributed by atoms with Crippen LogP contribution in [0.1, 0.15) is 284 Å². The number of carbonyl (C=O) groups is 3. The van der Waals surface area contributed by atoms with Crippen LogP contribution in [0.15, 0.2) is 109 Å². The molecule has 0 fully saturated rings. The van der Waals surface area contributed by atoms with Gasteiger partial charge in [0.15, 0.2) is 6.10 Å². The molecule has 0 saturated carbocycles. The highest BCUT2D eigenvalue weighted by Gasteiger charge is 2.19. The van der Waals surface area contributed by atoms with Gasteiger partial charge in [0.05, 0.1) is 6.42 Å². The minimum absolute atomic E-state index is 0.117. The van der Waals surface area contributed by atoms with E-state index in [9.17, 15) is 14.4 Å². The zero-order valence-corrected chi connectivity index (χ0v) is 48.3. The second-order valence-electron chi connectivity index (χ2n) is 20.2.